The fraction of sp³-hybridized carbons (Fsp3) is 0.300. The topological polar surface area (TPSA) is 45.5 Å². The molecule has 2 aromatic carbocycles. The summed E-state index contributed by atoms with van der Waals surface area (Å²) < 4.78 is 54.3. The van der Waals surface area contributed by atoms with Crippen LogP contribution in [-0.4, -0.2) is 55.4 Å². The molecule has 1 aromatic heterocycles. The van der Waals surface area contributed by atoms with Crippen molar-refractivity contribution >= 4 is 20.9 Å². The lowest BCUT2D eigenvalue weighted by molar-refractivity contribution is 0.148. The van der Waals surface area contributed by atoms with E-state index < -0.39 is 26.6 Å². The first-order valence-corrected chi connectivity index (χ1v) is 10.5. The second kappa shape index (κ2) is 7.27. The number of nitrogens with zero attached hydrogens (tertiary/aromatic N) is 3. The summed E-state index contributed by atoms with van der Waals surface area (Å²) in [5, 5.41) is 0.813. The van der Waals surface area contributed by atoms with Crippen LogP contribution in [-0.2, 0) is 16.6 Å². The molecule has 4 rings (SSSR count). The van der Waals surface area contributed by atoms with Gasteiger partial charge in [0.15, 0.2) is 0 Å². The zero-order chi connectivity index (χ0) is 19.9. The molecule has 2 heterocycles. The molecule has 0 saturated carbocycles. The Morgan fingerprint density at radius 2 is 1.75 bits per heavy atom. The molecule has 0 atom stereocenters. The van der Waals surface area contributed by atoms with Crippen molar-refractivity contribution < 1.29 is 17.2 Å². The zero-order valence-electron chi connectivity index (χ0n) is 15.5. The third-order valence-corrected chi connectivity index (χ3v) is 6.93. The van der Waals surface area contributed by atoms with Crippen LogP contribution in [0.3, 0.4) is 0 Å². The molecule has 0 spiro atoms. The van der Waals surface area contributed by atoms with Crippen LogP contribution in [0.25, 0.3) is 10.9 Å². The van der Waals surface area contributed by atoms with Gasteiger partial charge in [0, 0.05) is 50.4 Å². The Bertz CT molecular complexity index is 1120. The Morgan fingerprint density at radius 1 is 1.00 bits per heavy atom. The van der Waals surface area contributed by atoms with E-state index in [1.54, 1.807) is 18.2 Å². The number of likely N-dealkylation sites (N-methyl/N-ethyl adjacent to an activating group) is 1. The molecule has 1 fully saturated rings. The number of rotatable bonds is 4. The van der Waals surface area contributed by atoms with Gasteiger partial charge in [-0.2, -0.15) is 0 Å². The Kier molecular flexibility index (Phi) is 4.95. The number of piperazine rings is 1. The molecule has 0 bridgehead atoms. The molecule has 1 aliphatic rings. The molecule has 8 heteroatoms. The molecule has 0 N–H and O–H groups in total. The molecule has 0 unspecified atom stereocenters. The van der Waals surface area contributed by atoms with Gasteiger partial charge in [0.2, 0.25) is 0 Å². The van der Waals surface area contributed by atoms with Gasteiger partial charge in [-0.15, -0.1) is 0 Å². The van der Waals surface area contributed by atoms with E-state index in [9.17, 15) is 17.2 Å². The number of hydrogen-bond donors (Lipinski definition) is 0. The number of benzene rings is 2. The number of halogens is 2. The number of hydrogen-bond acceptors (Lipinski definition) is 4. The average molecular weight is 405 g/mol. The van der Waals surface area contributed by atoms with Gasteiger partial charge in [-0.25, -0.2) is 21.2 Å². The van der Waals surface area contributed by atoms with Gasteiger partial charge >= 0.3 is 0 Å². The van der Waals surface area contributed by atoms with Crippen LogP contribution < -0.4 is 0 Å². The average Bonchev–Trinajstić information content (AvgIpc) is 3.09. The largest absolute Gasteiger partial charge is 0.304 e. The van der Waals surface area contributed by atoms with Gasteiger partial charge in [-0.3, -0.25) is 4.90 Å². The third kappa shape index (κ3) is 3.43. The van der Waals surface area contributed by atoms with Gasteiger partial charge in [0.1, 0.15) is 16.5 Å². The molecule has 0 radical (unpaired) electrons. The van der Waals surface area contributed by atoms with Crippen molar-refractivity contribution in [3.05, 3.63) is 65.9 Å². The highest BCUT2D eigenvalue weighted by Crippen LogP contribution is 2.27. The SMILES string of the molecule is CN1CCN(Cc2cccc3c2ccn3S(=O)(=O)c2ccc(F)cc2F)CC1. The third-order valence-electron chi connectivity index (χ3n) is 5.21. The number of aromatic nitrogens is 1. The van der Waals surface area contributed by atoms with Crippen molar-refractivity contribution in [2.45, 2.75) is 11.4 Å². The van der Waals surface area contributed by atoms with Crippen LogP contribution in [0.1, 0.15) is 5.56 Å². The van der Waals surface area contributed by atoms with Crippen LogP contribution in [0.15, 0.2) is 53.6 Å². The first-order chi connectivity index (χ1) is 13.4. The summed E-state index contributed by atoms with van der Waals surface area (Å²) in [5.74, 6) is -1.92. The van der Waals surface area contributed by atoms with Crippen molar-refractivity contribution in [2.75, 3.05) is 33.2 Å². The molecule has 148 valence electrons. The van der Waals surface area contributed by atoms with Gasteiger partial charge in [0.05, 0.1) is 5.52 Å². The van der Waals surface area contributed by atoms with Gasteiger partial charge in [-0.05, 0) is 36.9 Å². The van der Waals surface area contributed by atoms with Crippen LogP contribution >= 0.6 is 0 Å². The lowest BCUT2D eigenvalue weighted by atomic mass is 10.1. The van der Waals surface area contributed by atoms with Crippen LogP contribution in [0.4, 0.5) is 8.78 Å². The molecular weight excluding hydrogens is 384 g/mol. The van der Waals surface area contributed by atoms with E-state index in [1.165, 1.54) is 6.20 Å². The van der Waals surface area contributed by atoms with Gasteiger partial charge in [-0.1, -0.05) is 12.1 Å². The van der Waals surface area contributed by atoms with Crippen molar-refractivity contribution in [1.82, 2.24) is 13.8 Å². The minimum atomic E-state index is -4.17. The zero-order valence-corrected chi connectivity index (χ0v) is 16.3. The minimum Gasteiger partial charge on any atom is -0.304 e. The standard InChI is InChI=1S/C20H21F2N3O2S/c1-23-9-11-24(12-10-23)14-15-3-2-4-19-17(15)7-8-25(19)28(26,27)20-6-5-16(21)13-18(20)22/h2-8,13H,9-12,14H2,1H3. The highest BCUT2D eigenvalue weighted by atomic mass is 32.2. The van der Waals surface area contributed by atoms with E-state index in [0.717, 1.165) is 59.8 Å². The lowest BCUT2D eigenvalue weighted by Crippen LogP contribution is -2.43. The van der Waals surface area contributed by atoms with E-state index in [4.69, 9.17) is 0 Å². The normalized spacial score (nSPS) is 16.7. The lowest BCUT2D eigenvalue weighted by Gasteiger charge is -2.32. The summed E-state index contributed by atoms with van der Waals surface area (Å²) in [6.07, 6.45) is 1.43. The first-order valence-electron chi connectivity index (χ1n) is 9.07. The smallest absolute Gasteiger partial charge is 0.271 e. The molecule has 28 heavy (non-hydrogen) atoms. The summed E-state index contributed by atoms with van der Waals surface area (Å²) in [4.78, 5) is 4.06. The molecular formula is C20H21F2N3O2S. The quantitative estimate of drug-likeness (QED) is 0.670. The Hall–Kier alpha value is -2.29. The van der Waals surface area contributed by atoms with E-state index in [0.29, 0.717) is 11.6 Å². The maximum absolute atomic E-state index is 14.1. The summed E-state index contributed by atoms with van der Waals surface area (Å²) in [5.41, 5.74) is 1.51. The molecule has 1 aliphatic heterocycles. The van der Waals surface area contributed by atoms with Crippen LogP contribution in [0.5, 0.6) is 0 Å². The monoisotopic (exact) mass is 405 g/mol. The van der Waals surface area contributed by atoms with Gasteiger partial charge in [0.25, 0.3) is 10.0 Å². The second-order valence-corrected chi connectivity index (χ2v) is 8.90. The number of fused-ring (bicyclic) bond motifs is 1. The van der Waals surface area contributed by atoms with Crippen molar-refractivity contribution in [3.63, 3.8) is 0 Å². The fourth-order valence-electron chi connectivity index (χ4n) is 3.59. The van der Waals surface area contributed by atoms with E-state index in [2.05, 4.69) is 16.8 Å². The highest BCUT2D eigenvalue weighted by Gasteiger charge is 2.24. The maximum Gasteiger partial charge on any atom is 0.271 e. The predicted octanol–water partition coefficient (Wildman–Crippen LogP) is 2.90. The summed E-state index contributed by atoms with van der Waals surface area (Å²) in [6.45, 7) is 4.62. The van der Waals surface area contributed by atoms with Gasteiger partial charge < -0.3 is 4.90 Å². The summed E-state index contributed by atoms with van der Waals surface area (Å²) >= 11 is 0. The fourth-order valence-corrected chi connectivity index (χ4v) is 4.99. The van der Waals surface area contributed by atoms with E-state index in [-0.39, 0.29) is 0 Å². The summed E-state index contributed by atoms with van der Waals surface area (Å²) in [7, 11) is -2.08. The van der Waals surface area contributed by atoms with Crippen molar-refractivity contribution in [3.8, 4) is 0 Å². The summed E-state index contributed by atoms with van der Waals surface area (Å²) in [6, 6.07) is 9.70. The minimum absolute atomic E-state index is 0.482. The molecule has 1 saturated heterocycles. The Labute approximate surface area is 162 Å². The molecule has 0 aliphatic carbocycles. The Morgan fingerprint density at radius 3 is 2.46 bits per heavy atom. The first kappa shape index (κ1) is 19.0. The molecule has 3 aromatic rings. The van der Waals surface area contributed by atoms with Crippen molar-refractivity contribution in [2.24, 2.45) is 0 Å². The molecule has 0 amide bonds. The second-order valence-electron chi connectivity index (χ2n) is 7.12. The van der Waals surface area contributed by atoms with E-state index >= 15 is 0 Å². The highest BCUT2D eigenvalue weighted by molar-refractivity contribution is 7.90. The maximum atomic E-state index is 14.1. The van der Waals surface area contributed by atoms with Crippen molar-refractivity contribution in [1.29, 1.82) is 0 Å². The Balaban J connectivity index is 1.72. The van der Waals surface area contributed by atoms with Crippen LogP contribution in [0, 0.1) is 11.6 Å². The van der Waals surface area contributed by atoms with Crippen LogP contribution in [0.2, 0.25) is 0 Å². The molecule has 5 nitrogen and oxygen atoms in total. The predicted molar refractivity (Wildman–Crippen MR) is 104 cm³/mol. The van der Waals surface area contributed by atoms with E-state index in [1.807, 2.05) is 6.07 Å².